The van der Waals surface area contributed by atoms with Gasteiger partial charge >= 0.3 is 6.03 Å². The van der Waals surface area contributed by atoms with Crippen molar-refractivity contribution in [3.8, 4) is 0 Å². The zero-order valence-electron chi connectivity index (χ0n) is 8.47. The number of carbonyl (C=O) groups excluding carboxylic acids is 2. The van der Waals surface area contributed by atoms with Crippen LogP contribution in [0, 0.1) is 10.1 Å². The lowest BCUT2D eigenvalue weighted by atomic mass is 10.2. The Balaban J connectivity index is 2.24. The first-order chi connectivity index (χ1) is 8.06. The fraction of sp³-hybridized carbons (Fsp3) is 0. The van der Waals surface area contributed by atoms with Crippen molar-refractivity contribution in [3.63, 3.8) is 0 Å². The van der Waals surface area contributed by atoms with Crippen LogP contribution in [-0.2, 0) is 4.79 Å². The molecule has 2 N–H and O–H groups in total. The molecule has 0 saturated carbocycles. The van der Waals surface area contributed by atoms with Crippen molar-refractivity contribution in [2.45, 2.75) is 0 Å². The number of hydrogen-bond donors (Lipinski definition) is 2. The molecule has 0 radical (unpaired) electrons. The molecule has 7 heteroatoms. The summed E-state index contributed by atoms with van der Waals surface area (Å²) in [5.41, 5.74) is 0.666. The van der Waals surface area contributed by atoms with E-state index in [-0.39, 0.29) is 11.4 Å². The van der Waals surface area contributed by atoms with Gasteiger partial charge in [-0.2, -0.15) is 0 Å². The van der Waals surface area contributed by atoms with Crippen molar-refractivity contribution in [1.29, 1.82) is 0 Å². The van der Waals surface area contributed by atoms with Gasteiger partial charge in [-0.15, -0.1) is 0 Å². The lowest BCUT2D eigenvalue weighted by molar-refractivity contribution is -0.384. The molecule has 0 atom stereocenters. The van der Waals surface area contributed by atoms with Crippen LogP contribution in [-0.4, -0.2) is 16.9 Å². The zero-order valence-corrected chi connectivity index (χ0v) is 8.47. The highest BCUT2D eigenvalue weighted by atomic mass is 16.6. The number of amides is 3. The average molecular weight is 233 g/mol. The molecule has 17 heavy (non-hydrogen) atoms. The van der Waals surface area contributed by atoms with Gasteiger partial charge in [0.2, 0.25) is 0 Å². The van der Waals surface area contributed by atoms with E-state index in [0.717, 1.165) is 0 Å². The minimum absolute atomic E-state index is 0.0351. The number of nitro groups is 1. The Morgan fingerprint density at radius 1 is 1.12 bits per heavy atom. The van der Waals surface area contributed by atoms with E-state index in [1.807, 2.05) is 0 Å². The number of benzene rings is 1. The van der Waals surface area contributed by atoms with Gasteiger partial charge in [0.05, 0.1) is 4.92 Å². The summed E-state index contributed by atoms with van der Waals surface area (Å²) >= 11 is 0. The van der Waals surface area contributed by atoms with Gasteiger partial charge in [0.25, 0.3) is 11.6 Å². The third-order valence-electron chi connectivity index (χ3n) is 2.13. The van der Waals surface area contributed by atoms with Crippen molar-refractivity contribution in [3.05, 3.63) is 45.6 Å². The Kier molecular flexibility index (Phi) is 2.57. The summed E-state index contributed by atoms with van der Waals surface area (Å²) in [5, 5.41) is 14.8. The highest BCUT2D eigenvalue weighted by Crippen LogP contribution is 2.14. The van der Waals surface area contributed by atoms with Gasteiger partial charge in [-0.3, -0.25) is 20.2 Å². The van der Waals surface area contributed by atoms with Gasteiger partial charge in [0.15, 0.2) is 0 Å². The minimum Gasteiger partial charge on any atom is -0.303 e. The standard InChI is InChI=1S/C10H7N3O4/c14-9-8(11-10(15)12-9)5-6-1-3-7(4-2-6)13(16)17/h1-5H,(H2,11,12,14,15)/b8-5-. The van der Waals surface area contributed by atoms with Crippen LogP contribution in [0.25, 0.3) is 6.08 Å². The summed E-state index contributed by atoms with van der Waals surface area (Å²) in [7, 11) is 0. The van der Waals surface area contributed by atoms with Gasteiger partial charge in [-0.1, -0.05) is 0 Å². The predicted octanol–water partition coefficient (Wildman–Crippen LogP) is 0.775. The molecule has 1 aromatic rings. The molecule has 1 fully saturated rings. The number of non-ortho nitro benzene ring substituents is 1. The third-order valence-corrected chi connectivity index (χ3v) is 2.13. The average Bonchev–Trinajstić information content (AvgIpc) is 2.58. The molecule has 86 valence electrons. The number of rotatable bonds is 2. The molecule has 3 amide bonds. The number of carbonyl (C=O) groups is 2. The molecule has 0 aromatic heterocycles. The van der Waals surface area contributed by atoms with E-state index in [0.29, 0.717) is 5.56 Å². The molecule has 1 aliphatic rings. The molecular formula is C10H7N3O4. The number of imide groups is 1. The maximum atomic E-state index is 11.2. The normalized spacial score (nSPS) is 16.8. The van der Waals surface area contributed by atoms with Gasteiger partial charge in [0.1, 0.15) is 5.70 Å². The van der Waals surface area contributed by atoms with Gasteiger partial charge in [-0.05, 0) is 23.8 Å². The maximum Gasteiger partial charge on any atom is 0.326 e. The quantitative estimate of drug-likeness (QED) is 0.341. The van der Waals surface area contributed by atoms with Crippen LogP contribution in [0.5, 0.6) is 0 Å². The van der Waals surface area contributed by atoms with Crippen LogP contribution in [0.3, 0.4) is 0 Å². The van der Waals surface area contributed by atoms with Crippen molar-refractivity contribution >= 4 is 23.7 Å². The first-order valence-electron chi connectivity index (χ1n) is 4.65. The summed E-state index contributed by atoms with van der Waals surface area (Å²) in [6, 6.07) is 5.04. The van der Waals surface area contributed by atoms with Crippen molar-refractivity contribution in [2.75, 3.05) is 0 Å². The Bertz CT molecular complexity index is 533. The highest BCUT2D eigenvalue weighted by molar-refractivity contribution is 6.13. The number of hydrogen-bond acceptors (Lipinski definition) is 4. The number of urea groups is 1. The summed E-state index contributed by atoms with van der Waals surface area (Å²) in [6.45, 7) is 0. The predicted molar refractivity (Wildman–Crippen MR) is 57.7 cm³/mol. The molecule has 1 aromatic carbocycles. The molecule has 1 saturated heterocycles. The monoisotopic (exact) mass is 233 g/mol. The molecule has 7 nitrogen and oxygen atoms in total. The first-order valence-corrected chi connectivity index (χ1v) is 4.65. The van der Waals surface area contributed by atoms with E-state index >= 15 is 0 Å². The van der Waals surface area contributed by atoms with E-state index in [1.165, 1.54) is 30.3 Å². The van der Waals surface area contributed by atoms with Gasteiger partial charge < -0.3 is 5.32 Å². The van der Waals surface area contributed by atoms with Gasteiger partial charge in [-0.25, -0.2) is 4.79 Å². The topological polar surface area (TPSA) is 101 Å². The largest absolute Gasteiger partial charge is 0.326 e. The van der Waals surface area contributed by atoms with Crippen LogP contribution in [0.2, 0.25) is 0 Å². The SMILES string of the molecule is O=C1NC(=O)/C(=C/c2ccc([N+](=O)[O-])cc2)N1. The molecule has 1 heterocycles. The second-order valence-electron chi connectivity index (χ2n) is 3.31. The number of nitrogens with one attached hydrogen (secondary N) is 2. The second-order valence-corrected chi connectivity index (χ2v) is 3.31. The van der Waals surface area contributed by atoms with Crippen LogP contribution in [0.15, 0.2) is 30.0 Å². The highest BCUT2D eigenvalue weighted by Gasteiger charge is 2.22. The van der Waals surface area contributed by atoms with Crippen molar-refractivity contribution in [1.82, 2.24) is 10.6 Å². The van der Waals surface area contributed by atoms with Crippen LogP contribution < -0.4 is 10.6 Å². The number of nitro benzene ring substituents is 1. The smallest absolute Gasteiger partial charge is 0.303 e. The van der Waals surface area contributed by atoms with E-state index in [4.69, 9.17) is 0 Å². The molecule has 0 spiro atoms. The molecular weight excluding hydrogens is 226 g/mol. The Morgan fingerprint density at radius 2 is 1.76 bits per heavy atom. The van der Waals surface area contributed by atoms with Crippen LogP contribution in [0.1, 0.15) is 5.56 Å². The Morgan fingerprint density at radius 3 is 2.24 bits per heavy atom. The molecule has 0 aliphatic carbocycles. The van der Waals surface area contributed by atoms with Crippen LogP contribution in [0.4, 0.5) is 10.5 Å². The Labute approximate surface area is 95.3 Å². The first kappa shape index (κ1) is 10.8. The van der Waals surface area contributed by atoms with E-state index in [2.05, 4.69) is 10.6 Å². The molecule has 2 rings (SSSR count). The van der Waals surface area contributed by atoms with Crippen LogP contribution >= 0.6 is 0 Å². The lowest BCUT2D eigenvalue weighted by Gasteiger charge is -1.95. The van der Waals surface area contributed by atoms with E-state index in [1.54, 1.807) is 0 Å². The Hall–Kier alpha value is -2.70. The zero-order chi connectivity index (χ0) is 12.4. The minimum atomic E-state index is -0.580. The van der Waals surface area contributed by atoms with E-state index < -0.39 is 16.9 Å². The molecule has 1 aliphatic heterocycles. The fourth-order valence-electron chi connectivity index (χ4n) is 1.34. The summed E-state index contributed by atoms with van der Waals surface area (Å²) in [6.07, 6.45) is 1.43. The summed E-state index contributed by atoms with van der Waals surface area (Å²) in [5.74, 6) is -0.520. The lowest BCUT2D eigenvalue weighted by Crippen LogP contribution is -2.22. The fourth-order valence-corrected chi connectivity index (χ4v) is 1.34. The van der Waals surface area contributed by atoms with E-state index in [9.17, 15) is 19.7 Å². The second kappa shape index (κ2) is 4.05. The molecule has 0 bridgehead atoms. The van der Waals surface area contributed by atoms with Crippen molar-refractivity contribution in [2.24, 2.45) is 0 Å². The number of nitrogens with zero attached hydrogens (tertiary/aromatic N) is 1. The van der Waals surface area contributed by atoms with Crippen molar-refractivity contribution < 1.29 is 14.5 Å². The molecule has 0 unspecified atom stereocenters. The maximum absolute atomic E-state index is 11.2. The summed E-state index contributed by atoms with van der Waals surface area (Å²) in [4.78, 5) is 31.9. The summed E-state index contributed by atoms with van der Waals surface area (Å²) < 4.78 is 0. The third kappa shape index (κ3) is 2.28. The van der Waals surface area contributed by atoms with Gasteiger partial charge in [0, 0.05) is 12.1 Å².